The highest BCUT2D eigenvalue weighted by Gasteiger charge is 2.29. The van der Waals surface area contributed by atoms with Gasteiger partial charge in [-0.2, -0.15) is 0 Å². The van der Waals surface area contributed by atoms with E-state index in [1.807, 2.05) is 0 Å². The van der Waals surface area contributed by atoms with Gasteiger partial charge < -0.3 is 9.47 Å². The minimum atomic E-state index is 0.917. The molecule has 0 aliphatic carbocycles. The number of benzene rings is 2. The smallest absolute Gasteiger partial charge is 0.118 e. The predicted octanol–water partition coefficient (Wildman–Crippen LogP) is 4.83. The number of methoxy groups -OCH3 is 2. The zero-order chi connectivity index (χ0) is 20.8. The third-order valence-electron chi connectivity index (χ3n) is 7.06. The van der Waals surface area contributed by atoms with Gasteiger partial charge in [-0.15, -0.1) is 0 Å². The Hall–Kier alpha value is -2.04. The SMILES string of the molecule is COc1ccc(CN2CCC(C3CCN(Cc4ccc(OC)cc4)CC3)CC2)cc1. The van der Waals surface area contributed by atoms with Gasteiger partial charge >= 0.3 is 0 Å². The molecule has 2 aliphatic rings. The lowest BCUT2D eigenvalue weighted by molar-refractivity contribution is 0.0909. The molecule has 0 atom stereocenters. The summed E-state index contributed by atoms with van der Waals surface area (Å²) in [7, 11) is 3.45. The Morgan fingerprint density at radius 3 is 1.23 bits per heavy atom. The van der Waals surface area contributed by atoms with Crippen LogP contribution in [0.15, 0.2) is 48.5 Å². The molecule has 2 aromatic carbocycles. The molecule has 0 spiro atoms. The van der Waals surface area contributed by atoms with Crippen LogP contribution < -0.4 is 9.47 Å². The van der Waals surface area contributed by atoms with Crippen molar-refractivity contribution >= 4 is 0 Å². The van der Waals surface area contributed by atoms with Crippen molar-refractivity contribution in [2.24, 2.45) is 11.8 Å². The number of hydrogen-bond acceptors (Lipinski definition) is 4. The van der Waals surface area contributed by atoms with Crippen LogP contribution in [-0.2, 0) is 13.1 Å². The Bertz CT molecular complexity index is 691. The Kier molecular flexibility index (Phi) is 7.29. The monoisotopic (exact) mass is 408 g/mol. The van der Waals surface area contributed by atoms with Gasteiger partial charge in [-0.3, -0.25) is 9.80 Å². The van der Waals surface area contributed by atoms with Crippen molar-refractivity contribution in [2.75, 3.05) is 40.4 Å². The first kappa shape index (κ1) is 21.2. The van der Waals surface area contributed by atoms with Gasteiger partial charge in [0.05, 0.1) is 14.2 Å². The number of likely N-dealkylation sites (tertiary alicyclic amines) is 2. The second-order valence-electron chi connectivity index (χ2n) is 8.92. The van der Waals surface area contributed by atoms with Gasteiger partial charge in [-0.25, -0.2) is 0 Å². The first-order valence-electron chi connectivity index (χ1n) is 11.4. The number of rotatable bonds is 7. The Morgan fingerprint density at radius 1 is 0.600 bits per heavy atom. The summed E-state index contributed by atoms with van der Waals surface area (Å²) >= 11 is 0. The van der Waals surface area contributed by atoms with Crippen molar-refractivity contribution in [3.8, 4) is 11.5 Å². The molecule has 0 aromatic heterocycles. The lowest BCUT2D eigenvalue weighted by Crippen LogP contribution is -2.40. The lowest BCUT2D eigenvalue weighted by Gasteiger charge is -2.40. The van der Waals surface area contributed by atoms with Crippen LogP contribution in [0.4, 0.5) is 0 Å². The molecule has 2 aliphatic heterocycles. The predicted molar refractivity (Wildman–Crippen MR) is 122 cm³/mol. The van der Waals surface area contributed by atoms with Crippen molar-refractivity contribution in [1.82, 2.24) is 9.80 Å². The molecule has 4 nitrogen and oxygen atoms in total. The molecule has 4 rings (SSSR count). The fourth-order valence-electron chi connectivity index (χ4n) is 5.14. The van der Waals surface area contributed by atoms with Crippen LogP contribution in [-0.4, -0.2) is 50.2 Å². The van der Waals surface area contributed by atoms with Crippen molar-refractivity contribution < 1.29 is 9.47 Å². The van der Waals surface area contributed by atoms with E-state index in [0.717, 1.165) is 36.4 Å². The fourth-order valence-corrected chi connectivity index (χ4v) is 5.14. The van der Waals surface area contributed by atoms with E-state index < -0.39 is 0 Å². The van der Waals surface area contributed by atoms with Gasteiger partial charge in [0.1, 0.15) is 11.5 Å². The average molecular weight is 409 g/mol. The van der Waals surface area contributed by atoms with Gasteiger partial charge in [0.2, 0.25) is 0 Å². The topological polar surface area (TPSA) is 24.9 Å². The summed E-state index contributed by atoms with van der Waals surface area (Å²) in [6.45, 7) is 7.09. The normalized spacial score (nSPS) is 19.7. The maximum absolute atomic E-state index is 5.27. The largest absolute Gasteiger partial charge is 0.497 e. The third-order valence-corrected chi connectivity index (χ3v) is 7.06. The van der Waals surface area contributed by atoms with Crippen LogP contribution in [0.1, 0.15) is 36.8 Å². The van der Waals surface area contributed by atoms with Gasteiger partial charge in [-0.05, 0) is 99.1 Å². The standard InChI is InChI=1S/C26H36N2O2/c1-29-25-7-3-21(4-8-25)19-27-15-11-23(12-16-27)24-13-17-28(18-14-24)20-22-5-9-26(30-2)10-6-22/h3-10,23-24H,11-20H2,1-2H3. The summed E-state index contributed by atoms with van der Waals surface area (Å²) in [4.78, 5) is 5.24. The minimum Gasteiger partial charge on any atom is -0.497 e. The molecule has 2 fully saturated rings. The van der Waals surface area contributed by atoms with Crippen LogP contribution >= 0.6 is 0 Å². The molecule has 0 amide bonds. The fraction of sp³-hybridized carbons (Fsp3) is 0.538. The van der Waals surface area contributed by atoms with Crippen molar-refractivity contribution in [3.63, 3.8) is 0 Å². The number of piperidine rings is 2. The molecule has 30 heavy (non-hydrogen) atoms. The average Bonchev–Trinajstić information content (AvgIpc) is 2.81. The van der Waals surface area contributed by atoms with Gasteiger partial charge in [0.25, 0.3) is 0 Å². The Labute approximate surface area is 181 Å². The van der Waals surface area contributed by atoms with E-state index in [2.05, 4.69) is 58.3 Å². The van der Waals surface area contributed by atoms with Crippen LogP contribution in [0, 0.1) is 11.8 Å². The number of ether oxygens (including phenoxy) is 2. The molecule has 0 unspecified atom stereocenters. The van der Waals surface area contributed by atoms with Gasteiger partial charge in [0.15, 0.2) is 0 Å². The molecule has 2 saturated heterocycles. The van der Waals surface area contributed by atoms with Crippen LogP contribution in [0.5, 0.6) is 11.5 Å². The summed E-state index contributed by atoms with van der Waals surface area (Å²) in [5.41, 5.74) is 2.78. The lowest BCUT2D eigenvalue weighted by atomic mass is 9.78. The van der Waals surface area contributed by atoms with E-state index in [9.17, 15) is 0 Å². The van der Waals surface area contributed by atoms with E-state index in [1.54, 1.807) is 14.2 Å². The molecular weight excluding hydrogens is 372 g/mol. The van der Waals surface area contributed by atoms with Gasteiger partial charge in [0, 0.05) is 13.1 Å². The molecule has 0 N–H and O–H groups in total. The first-order chi connectivity index (χ1) is 14.7. The summed E-state index contributed by atoms with van der Waals surface area (Å²) in [6.07, 6.45) is 5.44. The first-order valence-corrected chi connectivity index (χ1v) is 11.4. The summed E-state index contributed by atoms with van der Waals surface area (Å²) < 4.78 is 10.5. The second kappa shape index (κ2) is 10.3. The third kappa shape index (κ3) is 5.55. The molecule has 162 valence electrons. The summed E-state index contributed by atoms with van der Waals surface area (Å²) in [6, 6.07) is 17.1. The Balaban J connectivity index is 1.18. The highest BCUT2D eigenvalue weighted by atomic mass is 16.5. The highest BCUT2D eigenvalue weighted by Crippen LogP contribution is 2.33. The molecule has 2 heterocycles. The summed E-state index contributed by atoms with van der Waals surface area (Å²) in [5, 5.41) is 0. The van der Waals surface area contributed by atoms with E-state index in [-0.39, 0.29) is 0 Å². The maximum Gasteiger partial charge on any atom is 0.118 e. The van der Waals surface area contributed by atoms with Crippen LogP contribution in [0.2, 0.25) is 0 Å². The van der Waals surface area contributed by atoms with Crippen molar-refractivity contribution in [2.45, 2.75) is 38.8 Å². The molecule has 0 radical (unpaired) electrons. The number of hydrogen-bond donors (Lipinski definition) is 0. The zero-order valence-electron chi connectivity index (χ0n) is 18.6. The zero-order valence-corrected chi connectivity index (χ0v) is 18.6. The van der Waals surface area contributed by atoms with Crippen molar-refractivity contribution in [1.29, 1.82) is 0 Å². The molecule has 0 bridgehead atoms. The van der Waals surface area contributed by atoms with Crippen LogP contribution in [0.3, 0.4) is 0 Å². The number of nitrogens with zero attached hydrogens (tertiary/aromatic N) is 2. The molecule has 2 aromatic rings. The van der Waals surface area contributed by atoms with E-state index >= 15 is 0 Å². The highest BCUT2D eigenvalue weighted by molar-refractivity contribution is 5.27. The quantitative estimate of drug-likeness (QED) is 0.655. The van der Waals surface area contributed by atoms with Crippen molar-refractivity contribution in [3.05, 3.63) is 59.7 Å². The Morgan fingerprint density at radius 2 is 0.933 bits per heavy atom. The minimum absolute atomic E-state index is 0.917. The van der Waals surface area contributed by atoms with E-state index in [4.69, 9.17) is 9.47 Å². The van der Waals surface area contributed by atoms with Crippen LogP contribution in [0.25, 0.3) is 0 Å². The molecular formula is C26H36N2O2. The molecule has 0 saturated carbocycles. The summed E-state index contributed by atoms with van der Waals surface area (Å²) in [5.74, 6) is 3.71. The van der Waals surface area contributed by atoms with E-state index in [1.165, 1.54) is 63.0 Å². The maximum atomic E-state index is 5.27. The molecule has 4 heteroatoms. The second-order valence-corrected chi connectivity index (χ2v) is 8.92. The van der Waals surface area contributed by atoms with E-state index in [0.29, 0.717) is 0 Å². The van der Waals surface area contributed by atoms with Gasteiger partial charge in [-0.1, -0.05) is 24.3 Å².